The lowest BCUT2D eigenvalue weighted by atomic mass is 10.2. The number of ether oxygens (including phenoxy) is 1. The van der Waals surface area contributed by atoms with E-state index in [-0.39, 0.29) is 12.3 Å². The second-order valence-electron chi connectivity index (χ2n) is 4.60. The second-order valence-corrected chi connectivity index (χ2v) is 4.60. The van der Waals surface area contributed by atoms with Gasteiger partial charge in [-0.1, -0.05) is 30.3 Å². The van der Waals surface area contributed by atoms with Crippen LogP contribution in [0.15, 0.2) is 53.3 Å². The Morgan fingerprint density at radius 3 is 2.64 bits per heavy atom. The average molecular weight is 295 g/mol. The van der Waals surface area contributed by atoms with Crippen LogP contribution in [0.2, 0.25) is 0 Å². The van der Waals surface area contributed by atoms with E-state index in [1.165, 1.54) is 12.4 Å². The number of rotatable bonds is 4. The second kappa shape index (κ2) is 6.17. The number of carbonyl (C=O) groups excluding carboxylic acids is 1. The number of hydrogen-bond donors (Lipinski definition) is 0. The lowest BCUT2D eigenvalue weighted by Gasteiger charge is -2.01. The molecule has 0 aliphatic rings. The molecule has 0 aliphatic heterocycles. The molecule has 0 aliphatic carbocycles. The summed E-state index contributed by atoms with van der Waals surface area (Å²) in [5, 5.41) is 0. The Hall–Kier alpha value is -3.02. The maximum Gasteiger partial charge on any atom is 0.359 e. The molecule has 2 aromatic heterocycles. The number of aryl methyl sites for hydroxylation is 1. The summed E-state index contributed by atoms with van der Waals surface area (Å²) in [4.78, 5) is 23.9. The first kappa shape index (κ1) is 13.9. The number of esters is 1. The normalized spacial score (nSPS) is 10.4. The zero-order chi connectivity index (χ0) is 15.4. The highest BCUT2D eigenvalue weighted by Crippen LogP contribution is 2.20. The van der Waals surface area contributed by atoms with Crippen LogP contribution in [0.4, 0.5) is 0 Å². The Morgan fingerprint density at radius 2 is 1.91 bits per heavy atom. The zero-order valence-electron chi connectivity index (χ0n) is 11.9. The van der Waals surface area contributed by atoms with Gasteiger partial charge in [0.2, 0.25) is 5.89 Å². The van der Waals surface area contributed by atoms with E-state index in [9.17, 15) is 4.79 Å². The lowest BCUT2D eigenvalue weighted by molar-refractivity contribution is 0.0431. The van der Waals surface area contributed by atoms with Gasteiger partial charge in [-0.2, -0.15) is 0 Å². The predicted octanol–water partition coefficient (Wildman–Crippen LogP) is 2.80. The number of carbonyl (C=O) groups is 1. The highest BCUT2D eigenvalue weighted by atomic mass is 16.5. The molecule has 0 unspecified atom stereocenters. The molecule has 0 radical (unpaired) electrons. The van der Waals surface area contributed by atoms with Gasteiger partial charge in [0.05, 0.1) is 18.1 Å². The fourth-order valence-corrected chi connectivity index (χ4v) is 1.81. The Labute approximate surface area is 126 Å². The van der Waals surface area contributed by atoms with Crippen molar-refractivity contribution >= 4 is 5.97 Å². The van der Waals surface area contributed by atoms with Gasteiger partial charge in [-0.05, 0) is 6.92 Å². The van der Waals surface area contributed by atoms with Gasteiger partial charge in [0.15, 0.2) is 18.1 Å². The Balaban J connectivity index is 1.64. The fraction of sp³-hybridized carbons (Fsp3) is 0.125. The summed E-state index contributed by atoms with van der Waals surface area (Å²) in [5.74, 6) is 0.390. The maximum atomic E-state index is 11.8. The third-order valence-electron chi connectivity index (χ3n) is 2.93. The van der Waals surface area contributed by atoms with Crippen molar-refractivity contribution in [3.8, 4) is 11.3 Å². The molecule has 6 nitrogen and oxygen atoms in total. The molecule has 22 heavy (non-hydrogen) atoms. The predicted molar refractivity (Wildman–Crippen MR) is 77.8 cm³/mol. The first-order valence-corrected chi connectivity index (χ1v) is 6.68. The zero-order valence-corrected chi connectivity index (χ0v) is 11.9. The molecule has 3 rings (SSSR count). The first-order chi connectivity index (χ1) is 10.7. The minimum atomic E-state index is -0.563. The van der Waals surface area contributed by atoms with Gasteiger partial charge in [-0.3, -0.25) is 4.98 Å². The molecule has 0 saturated heterocycles. The van der Waals surface area contributed by atoms with Gasteiger partial charge in [0, 0.05) is 11.8 Å². The topological polar surface area (TPSA) is 78.1 Å². The van der Waals surface area contributed by atoms with Crippen LogP contribution < -0.4 is 0 Å². The van der Waals surface area contributed by atoms with Crippen molar-refractivity contribution in [1.82, 2.24) is 15.0 Å². The van der Waals surface area contributed by atoms with E-state index in [2.05, 4.69) is 15.0 Å². The number of nitrogens with zero attached hydrogens (tertiary/aromatic N) is 3. The lowest BCUT2D eigenvalue weighted by Crippen LogP contribution is -2.08. The van der Waals surface area contributed by atoms with Crippen molar-refractivity contribution in [3.63, 3.8) is 0 Å². The monoisotopic (exact) mass is 295 g/mol. The standard InChI is InChI=1S/C16H13N3O3/c1-11-7-18-13(8-17-11)16(20)21-10-15-19-9-14(22-15)12-5-3-2-4-6-12/h2-9H,10H2,1H3. The summed E-state index contributed by atoms with van der Waals surface area (Å²) in [6.07, 6.45) is 4.49. The Bertz CT molecular complexity index is 767. The molecule has 2 heterocycles. The molecule has 0 bridgehead atoms. The van der Waals surface area contributed by atoms with E-state index in [1.807, 2.05) is 30.3 Å². The van der Waals surface area contributed by atoms with E-state index in [4.69, 9.17) is 9.15 Å². The van der Waals surface area contributed by atoms with E-state index >= 15 is 0 Å². The number of oxazole rings is 1. The van der Waals surface area contributed by atoms with Gasteiger partial charge in [0.25, 0.3) is 0 Å². The summed E-state index contributed by atoms with van der Waals surface area (Å²) >= 11 is 0. The summed E-state index contributed by atoms with van der Waals surface area (Å²) in [6.45, 7) is 1.74. The molecule has 0 saturated carbocycles. The van der Waals surface area contributed by atoms with Crippen molar-refractivity contribution < 1.29 is 13.9 Å². The number of benzene rings is 1. The van der Waals surface area contributed by atoms with Crippen LogP contribution in [-0.2, 0) is 11.3 Å². The summed E-state index contributed by atoms with van der Waals surface area (Å²) < 4.78 is 10.7. The molecule has 0 spiro atoms. The van der Waals surface area contributed by atoms with Crippen molar-refractivity contribution in [1.29, 1.82) is 0 Å². The molecule has 3 aromatic rings. The van der Waals surface area contributed by atoms with Gasteiger partial charge in [0.1, 0.15) is 0 Å². The highest BCUT2D eigenvalue weighted by Gasteiger charge is 2.12. The third kappa shape index (κ3) is 3.17. The molecule has 0 fully saturated rings. The van der Waals surface area contributed by atoms with E-state index < -0.39 is 5.97 Å². The van der Waals surface area contributed by atoms with Crippen molar-refractivity contribution in [3.05, 3.63) is 66.2 Å². The van der Waals surface area contributed by atoms with E-state index in [0.29, 0.717) is 11.7 Å². The summed E-state index contributed by atoms with van der Waals surface area (Å²) in [5.41, 5.74) is 1.80. The van der Waals surface area contributed by atoms with Crippen LogP contribution in [0.5, 0.6) is 0 Å². The molecule has 1 aromatic carbocycles. The Morgan fingerprint density at radius 1 is 1.09 bits per heavy atom. The first-order valence-electron chi connectivity index (χ1n) is 6.68. The van der Waals surface area contributed by atoms with Crippen LogP contribution in [0, 0.1) is 6.92 Å². The summed E-state index contributed by atoms with van der Waals surface area (Å²) in [7, 11) is 0. The van der Waals surface area contributed by atoms with E-state index in [1.54, 1.807) is 13.1 Å². The minimum absolute atomic E-state index is 0.0543. The van der Waals surface area contributed by atoms with Crippen LogP contribution in [0.3, 0.4) is 0 Å². The highest BCUT2D eigenvalue weighted by molar-refractivity contribution is 5.86. The molecule has 0 amide bonds. The smallest absolute Gasteiger partial charge is 0.359 e. The van der Waals surface area contributed by atoms with Crippen LogP contribution in [-0.4, -0.2) is 20.9 Å². The molecule has 0 atom stereocenters. The van der Waals surface area contributed by atoms with Crippen LogP contribution in [0.25, 0.3) is 11.3 Å². The van der Waals surface area contributed by atoms with Crippen LogP contribution in [0.1, 0.15) is 22.1 Å². The van der Waals surface area contributed by atoms with Gasteiger partial charge < -0.3 is 9.15 Å². The quantitative estimate of drug-likeness (QED) is 0.689. The van der Waals surface area contributed by atoms with Gasteiger partial charge >= 0.3 is 5.97 Å². The summed E-state index contributed by atoms with van der Waals surface area (Å²) in [6, 6.07) is 9.57. The van der Waals surface area contributed by atoms with Crippen molar-refractivity contribution in [2.75, 3.05) is 0 Å². The molecule has 6 heteroatoms. The molecule has 0 N–H and O–H groups in total. The van der Waals surface area contributed by atoms with Gasteiger partial charge in [-0.25, -0.2) is 14.8 Å². The van der Waals surface area contributed by atoms with E-state index in [0.717, 1.165) is 11.3 Å². The van der Waals surface area contributed by atoms with Crippen LogP contribution >= 0.6 is 0 Å². The van der Waals surface area contributed by atoms with Crippen molar-refractivity contribution in [2.45, 2.75) is 13.5 Å². The van der Waals surface area contributed by atoms with Crippen molar-refractivity contribution in [2.24, 2.45) is 0 Å². The number of aromatic nitrogens is 3. The number of hydrogen-bond acceptors (Lipinski definition) is 6. The molecule has 110 valence electrons. The minimum Gasteiger partial charge on any atom is -0.451 e. The SMILES string of the molecule is Cc1cnc(C(=O)OCc2ncc(-c3ccccc3)o2)cn1. The third-order valence-corrected chi connectivity index (χ3v) is 2.93. The molecular formula is C16H13N3O3. The molecular weight excluding hydrogens is 282 g/mol. The maximum absolute atomic E-state index is 11.8. The average Bonchev–Trinajstić information content (AvgIpc) is 3.03. The largest absolute Gasteiger partial charge is 0.451 e. The Kier molecular flexibility index (Phi) is 3.91. The fourth-order valence-electron chi connectivity index (χ4n) is 1.81. The van der Waals surface area contributed by atoms with Gasteiger partial charge in [-0.15, -0.1) is 0 Å².